The van der Waals surface area contributed by atoms with Crippen molar-refractivity contribution < 1.29 is 0 Å². The van der Waals surface area contributed by atoms with E-state index in [1.54, 1.807) is 0 Å². The molecule has 3 rings (SSSR count). The molecule has 2 aromatic rings. The molecule has 0 bridgehead atoms. The highest BCUT2D eigenvalue weighted by Gasteiger charge is 2.42. The van der Waals surface area contributed by atoms with Crippen molar-refractivity contribution in [3.63, 3.8) is 0 Å². The lowest BCUT2D eigenvalue weighted by atomic mass is 10.0. The third-order valence-corrected chi connectivity index (χ3v) is 4.34. The number of anilines is 1. The van der Waals surface area contributed by atoms with Gasteiger partial charge in [-0.05, 0) is 43.4 Å². The lowest BCUT2D eigenvalue weighted by Crippen LogP contribution is -2.25. The molecule has 1 N–H and O–H groups in total. The first-order valence-corrected chi connectivity index (χ1v) is 6.77. The van der Waals surface area contributed by atoms with Crippen molar-refractivity contribution in [1.82, 2.24) is 4.98 Å². The summed E-state index contributed by atoms with van der Waals surface area (Å²) in [7, 11) is 0. The number of pyridine rings is 1. The molecule has 94 valence electrons. The Morgan fingerprint density at radius 2 is 2.17 bits per heavy atom. The Balaban J connectivity index is 2.00. The number of benzene rings is 1. The lowest BCUT2D eigenvalue weighted by molar-refractivity contribution is 0.493. The van der Waals surface area contributed by atoms with Gasteiger partial charge >= 0.3 is 0 Å². The third-order valence-electron chi connectivity index (χ3n) is 4.13. The van der Waals surface area contributed by atoms with Gasteiger partial charge in [-0.1, -0.05) is 24.6 Å². The second-order valence-corrected chi connectivity index (χ2v) is 5.98. The van der Waals surface area contributed by atoms with Crippen LogP contribution in [-0.4, -0.2) is 11.0 Å². The summed E-state index contributed by atoms with van der Waals surface area (Å²) in [5.74, 6) is 0. The fourth-order valence-corrected chi connectivity index (χ4v) is 2.53. The molecule has 0 aliphatic heterocycles. The van der Waals surface area contributed by atoms with Crippen LogP contribution in [0, 0.1) is 5.41 Å². The van der Waals surface area contributed by atoms with E-state index in [0.29, 0.717) is 11.5 Å². The normalized spacial score (nSPS) is 18.6. The maximum atomic E-state index is 6.17. The largest absolute Gasteiger partial charge is 0.380 e. The molecule has 1 aliphatic rings. The Labute approximate surface area is 112 Å². The van der Waals surface area contributed by atoms with Gasteiger partial charge in [-0.3, -0.25) is 4.98 Å². The first-order chi connectivity index (χ1) is 8.58. The molecule has 0 saturated heterocycles. The summed E-state index contributed by atoms with van der Waals surface area (Å²) in [5, 5.41) is 5.42. The molecule has 1 heterocycles. The van der Waals surface area contributed by atoms with Crippen LogP contribution in [0.2, 0.25) is 5.02 Å². The zero-order valence-electron chi connectivity index (χ0n) is 10.7. The minimum Gasteiger partial charge on any atom is -0.380 e. The Bertz CT molecular complexity index is 590. The molecular formula is C15H17ClN2. The van der Waals surface area contributed by atoms with E-state index in [-0.39, 0.29) is 0 Å². The van der Waals surface area contributed by atoms with Gasteiger partial charge in [-0.15, -0.1) is 0 Å². The highest BCUT2D eigenvalue weighted by atomic mass is 35.5. The molecule has 1 aromatic carbocycles. The van der Waals surface area contributed by atoms with Crippen LogP contribution in [0.25, 0.3) is 10.9 Å². The van der Waals surface area contributed by atoms with Gasteiger partial charge in [-0.2, -0.15) is 0 Å². The molecule has 3 heteroatoms. The van der Waals surface area contributed by atoms with Gasteiger partial charge in [-0.25, -0.2) is 0 Å². The minimum atomic E-state index is 0.434. The molecule has 18 heavy (non-hydrogen) atoms. The molecule has 0 radical (unpaired) electrons. The molecule has 0 amide bonds. The molecule has 1 fully saturated rings. The number of hydrogen-bond donors (Lipinski definition) is 1. The van der Waals surface area contributed by atoms with Crippen LogP contribution < -0.4 is 5.32 Å². The van der Waals surface area contributed by atoms with Crippen molar-refractivity contribution in [3.05, 3.63) is 35.5 Å². The van der Waals surface area contributed by atoms with E-state index in [1.165, 1.54) is 12.8 Å². The molecule has 1 aliphatic carbocycles. The van der Waals surface area contributed by atoms with E-state index in [2.05, 4.69) is 24.1 Å². The van der Waals surface area contributed by atoms with E-state index < -0.39 is 0 Å². The third kappa shape index (κ3) is 2.05. The first-order valence-electron chi connectivity index (χ1n) is 6.39. The molecular weight excluding hydrogens is 244 g/mol. The van der Waals surface area contributed by atoms with Gasteiger partial charge < -0.3 is 5.32 Å². The fraction of sp³-hybridized carbons (Fsp3) is 0.400. The van der Waals surface area contributed by atoms with E-state index in [1.807, 2.05) is 30.5 Å². The Kier molecular flexibility index (Phi) is 2.70. The highest BCUT2D eigenvalue weighted by Crippen LogP contribution is 2.49. The van der Waals surface area contributed by atoms with Gasteiger partial charge in [0.1, 0.15) is 0 Å². The van der Waals surface area contributed by atoms with Crippen LogP contribution in [0.5, 0.6) is 0 Å². The Morgan fingerprint density at radius 3 is 2.89 bits per heavy atom. The number of nitrogens with one attached hydrogen (secondary N) is 1. The molecule has 1 atom stereocenters. The summed E-state index contributed by atoms with van der Waals surface area (Å²) < 4.78 is 0. The maximum absolute atomic E-state index is 6.17. The topological polar surface area (TPSA) is 24.9 Å². The quantitative estimate of drug-likeness (QED) is 0.880. The summed E-state index contributed by atoms with van der Waals surface area (Å²) in [6.45, 7) is 4.56. The lowest BCUT2D eigenvalue weighted by Gasteiger charge is -2.22. The van der Waals surface area contributed by atoms with Gasteiger partial charge in [0, 0.05) is 22.6 Å². The SMILES string of the molecule is CC(Nc1cc(Cl)cc2cccnc12)C1(C)CC1. The summed E-state index contributed by atoms with van der Waals surface area (Å²) in [6.07, 6.45) is 4.42. The number of halogens is 1. The second-order valence-electron chi connectivity index (χ2n) is 5.55. The van der Waals surface area contributed by atoms with Crippen molar-refractivity contribution in [1.29, 1.82) is 0 Å². The van der Waals surface area contributed by atoms with Crippen LogP contribution in [0.15, 0.2) is 30.5 Å². The predicted molar refractivity (Wildman–Crippen MR) is 77.2 cm³/mol. The van der Waals surface area contributed by atoms with Gasteiger partial charge in [0.05, 0.1) is 11.2 Å². The van der Waals surface area contributed by atoms with E-state index in [9.17, 15) is 0 Å². The maximum Gasteiger partial charge on any atom is 0.0934 e. The zero-order chi connectivity index (χ0) is 12.8. The number of fused-ring (bicyclic) bond motifs is 1. The van der Waals surface area contributed by atoms with Gasteiger partial charge in [0.15, 0.2) is 0 Å². The van der Waals surface area contributed by atoms with E-state index in [0.717, 1.165) is 21.6 Å². The highest BCUT2D eigenvalue weighted by molar-refractivity contribution is 6.31. The summed E-state index contributed by atoms with van der Waals surface area (Å²) in [5.41, 5.74) is 2.47. The van der Waals surface area contributed by atoms with Crippen LogP contribution in [-0.2, 0) is 0 Å². The smallest absolute Gasteiger partial charge is 0.0934 e. The van der Waals surface area contributed by atoms with Crippen molar-refractivity contribution in [2.45, 2.75) is 32.7 Å². The number of hydrogen-bond acceptors (Lipinski definition) is 2. The van der Waals surface area contributed by atoms with E-state index in [4.69, 9.17) is 11.6 Å². The molecule has 1 unspecified atom stereocenters. The first kappa shape index (κ1) is 11.8. The number of aromatic nitrogens is 1. The van der Waals surface area contributed by atoms with E-state index >= 15 is 0 Å². The van der Waals surface area contributed by atoms with Crippen LogP contribution in [0.3, 0.4) is 0 Å². The number of nitrogens with zero attached hydrogens (tertiary/aromatic N) is 1. The fourth-order valence-electron chi connectivity index (χ4n) is 2.30. The second kappa shape index (κ2) is 4.13. The molecule has 2 nitrogen and oxygen atoms in total. The Hall–Kier alpha value is -1.28. The van der Waals surface area contributed by atoms with Crippen LogP contribution in [0.1, 0.15) is 26.7 Å². The molecule has 0 spiro atoms. The van der Waals surface area contributed by atoms with Gasteiger partial charge in [0.2, 0.25) is 0 Å². The molecule has 1 aromatic heterocycles. The zero-order valence-corrected chi connectivity index (χ0v) is 11.5. The van der Waals surface area contributed by atoms with Crippen molar-refractivity contribution in [2.24, 2.45) is 5.41 Å². The van der Waals surface area contributed by atoms with Gasteiger partial charge in [0.25, 0.3) is 0 Å². The van der Waals surface area contributed by atoms with Crippen LogP contribution >= 0.6 is 11.6 Å². The monoisotopic (exact) mass is 260 g/mol. The Morgan fingerprint density at radius 1 is 1.39 bits per heavy atom. The summed E-state index contributed by atoms with van der Waals surface area (Å²) in [4.78, 5) is 4.46. The predicted octanol–water partition coefficient (Wildman–Crippen LogP) is 4.49. The average Bonchev–Trinajstić information content (AvgIpc) is 3.08. The van der Waals surface area contributed by atoms with Crippen molar-refractivity contribution >= 4 is 28.2 Å². The summed E-state index contributed by atoms with van der Waals surface area (Å²) >= 11 is 6.17. The summed E-state index contributed by atoms with van der Waals surface area (Å²) in [6, 6.07) is 8.36. The number of rotatable bonds is 3. The average molecular weight is 261 g/mol. The molecule has 1 saturated carbocycles. The van der Waals surface area contributed by atoms with Crippen molar-refractivity contribution in [3.8, 4) is 0 Å². The minimum absolute atomic E-state index is 0.434. The van der Waals surface area contributed by atoms with Crippen molar-refractivity contribution in [2.75, 3.05) is 5.32 Å². The standard InChI is InChI=1S/C15H17ClN2/c1-10(15(2)5-6-15)18-13-9-12(16)8-11-4-3-7-17-14(11)13/h3-4,7-10,18H,5-6H2,1-2H3. The van der Waals surface area contributed by atoms with Crippen LogP contribution in [0.4, 0.5) is 5.69 Å².